The van der Waals surface area contributed by atoms with E-state index in [1.54, 1.807) is 45.9 Å². The Kier molecular flexibility index (Phi) is 5.60. The van der Waals surface area contributed by atoms with Crippen molar-refractivity contribution in [1.82, 2.24) is 24.4 Å². The molecule has 1 aliphatic carbocycles. The Hall–Kier alpha value is -4.06. The number of esters is 1. The van der Waals surface area contributed by atoms with E-state index in [1.165, 1.54) is 13.4 Å². The first-order valence-corrected chi connectivity index (χ1v) is 12.8. The van der Waals surface area contributed by atoms with Crippen LogP contribution in [-0.4, -0.2) is 61.4 Å². The molecule has 2 amide bonds. The van der Waals surface area contributed by atoms with E-state index in [1.807, 2.05) is 0 Å². The molecule has 1 saturated carbocycles. The van der Waals surface area contributed by atoms with Crippen molar-refractivity contribution in [2.45, 2.75) is 38.4 Å². The van der Waals surface area contributed by atoms with Gasteiger partial charge in [0, 0.05) is 11.4 Å². The van der Waals surface area contributed by atoms with Crippen LogP contribution in [0.3, 0.4) is 0 Å². The highest BCUT2D eigenvalue weighted by Crippen LogP contribution is 2.59. The van der Waals surface area contributed by atoms with Crippen molar-refractivity contribution < 1.29 is 19.1 Å². The van der Waals surface area contributed by atoms with Crippen LogP contribution < -0.4 is 11.1 Å². The van der Waals surface area contributed by atoms with E-state index in [0.717, 1.165) is 6.42 Å². The maximum atomic E-state index is 13.9. The summed E-state index contributed by atoms with van der Waals surface area (Å²) in [5, 5.41) is 4.04. The number of piperidine rings is 1. The van der Waals surface area contributed by atoms with Crippen molar-refractivity contribution in [2.24, 2.45) is 5.41 Å². The lowest BCUT2D eigenvalue weighted by Crippen LogP contribution is -2.46. The average molecular weight is 578 g/mol. The summed E-state index contributed by atoms with van der Waals surface area (Å²) in [6.45, 7) is 2.05. The number of carbonyl (C=O) groups excluding carboxylic acids is 3. The second-order valence-corrected chi connectivity index (χ2v) is 10.8. The summed E-state index contributed by atoms with van der Waals surface area (Å²) in [7, 11) is 1.31. The zero-order valence-corrected chi connectivity index (χ0v) is 22.2. The molecule has 1 saturated heterocycles. The number of nitrogens with zero attached hydrogens (tertiary/aromatic N) is 5. The number of methoxy groups -OCH3 is 1. The molecule has 1 aromatic carbocycles. The molecule has 3 aromatic heterocycles. The molecule has 4 heterocycles. The molecule has 12 heteroatoms. The molecular formula is C26H24BrN7O4. The maximum Gasteiger partial charge on any atom is 0.337 e. The molecular weight excluding hydrogens is 554 g/mol. The van der Waals surface area contributed by atoms with Gasteiger partial charge in [0.1, 0.15) is 40.8 Å². The van der Waals surface area contributed by atoms with E-state index in [2.05, 4.69) is 43.1 Å². The lowest BCUT2D eigenvalue weighted by atomic mass is 10.0. The monoisotopic (exact) mass is 577 g/mol. The Labute approximate surface area is 225 Å². The molecule has 3 atom stereocenters. The third-order valence-electron chi connectivity index (χ3n) is 7.58. The van der Waals surface area contributed by atoms with E-state index in [-0.39, 0.29) is 35.6 Å². The van der Waals surface area contributed by atoms with Crippen LogP contribution in [0.5, 0.6) is 0 Å². The molecule has 0 bridgehead atoms. The van der Waals surface area contributed by atoms with Crippen molar-refractivity contribution in [3.05, 3.63) is 52.9 Å². The fraction of sp³-hybridized carbons (Fsp3) is 0.308. The number of carbonyl (C=O) groups is 3. The maximum absolute atomic E-state index is 13.9. The van der Waals surface area contributed by atoms with Crippen LogP contribution in [0.15, 0.2) is 47.3 Å². The van der Waals surface area contributed by atoms with E-state index < -0.39 is 12.0 Å². The number of nitrogens with one attached hydrogen (secondary N) is 1. The molecule has 1 aliphatic heterocycles. The highest BCUT2D eigenvalue weighted by molar-refractivity contribution is 9.10. The molecule has 0 spiro atoms. The number of benzene rings is 1. The second kappa shape index (κ2) is 8.76. The molecule has 11 nitrogen and oxygen atoms in total. The zero-order valence-electron chi connectivity index (χ0n) is 20.6. The predicted molar refractivity (Wildman–Crippen MR) is 143 cm³/mol. The summed E-state index contributed by atoms with van der Waals surface area (Å²) in [5.74, 6) is -0.305. The number of amides is 2. The average Bonchev–Trinajstić information content (AvgIpc) is 3.30. The lowest BCUT2D eigenvalue weighted by Gasteiger charge is -2.27. The molecule has 2 aliphatic rings. The van der Waals surface area contributed by atoms with Crippen molar-refractivity contribution >= 4 is 67.3 Å². The first-order chi connectivity index (χ1) is 18.2. The van der Waals surface area contributed by atoms with Gasteiger partial charge in [-0.2, -0.15) is 0 Å². The Balaban J connectivity index is 1.35. The van der Waals surface area contributed by atoms with E-state index in [0.29, 0.717) is 44.3 Å². The van der Waals surface area contributed by atoms with Gasteiger partial charge in [-0.15, -0.1) is 0 Å². The third kappa shape index (κ3) is 3.87. The number of nitrogen functional groups attached to an aromatic ring is 1. The molecule has 38 heavy (non-hydrogen) atoms. The number of fused-ring (bicyclic) bond motifs is 4. The van der Waals surface area contributed by atoms with Crippen LogP contribution in [0.1, 0.15) is 30.1 Å². The number of rotatable bonds is 5. The minimum atomic E-state index is -0.620. The van der Waals surface area contributed by atoms with Gasteiger partial charge in [0.05, 0.1) is 23.6 Å². The van der Waals surface area contributed by atoms with Crippen molar-refractivity contribution in [3.8, 4) is 0 Å². The smallest absolute Gasteiger partial charge is 0.337 e. The molecule has 2 fully saturated rings. The number of likely N-dealkylation sites (tertiary alicyclic amines) is 1. The SMILES string of the molecule is COC(=O)c1ccc2c(c1)c1c(N)ncnc1n2CC(=O)N1C2C[C@]2(C)C[C@H]1C(=O)Nc1cccc(Br)n1. The van der Waals surface area contributed by atoms with Crippen molar-refractivity contribution in [3.63, 3.8) is 0 Å². The minimum absolute atomic E-state index is 0.0140. The fourth-order valence-electron chi connectivity index (χ4n) is 5.61. The number of hydrogen-bond donors (Lipinski definition) is 2. The van der Waals surface area contributed by atoms with Crippen molar-refractivity contribution in [1.29, 1.82) is 0 Å². The van der Waals surface area contributed by atoms with Gasteiger partial charge in [0.25, 0.3) is 0 Å². The number of anilines is 2. The van der Waals surface area contributed by atoms with E-state index in [4.69, 9.17) is 10.5 Å². The normalized spacial score (nSPS) is 21.9. The third-order valence-corrected chi connectivity index (χ3v) is 8.02. The van der Waals surface area contributed by atoms with Crippen molar-refractivity contribution in [2.75, 3.05) is 18.2 Å². The molecule has 0 radical (unpaired) electrons. The van der Waals surface area contributed by atoms with Gasteiger partial charge in [-0.05, 0) is 64.5 Å². The minimum Gasteiger partial charge on any atom is -0.465 e. The number of ether oxygens (including phenoxy) is 1. The lowest BCUT2D eigenvalue weighted by molar-refractivity contribution is -0.138. The van der Waals surface area contributed by atoms with Crippen LogP contribution in [0, 0.1) is 5.41 Å². The molecule has 3 N–H and O–H groups in total. The predicted octanol–water partition coefficient (Wildman–Crippen LogP) is 3.13. The molecule has 1 unspecified atom stereocenters. The van der Waals surface area contributed by atoms with Gasteiger partial charge in [0.2, 0.25) is 11.8 Å². The van der Waals surface area contributed by atoms with Gasteiger partial charge in [-0.1, -0.05) is 13.0 Å². The Morgan fingerprint density at radius 1 is 1.21 bits per heavy atom. The fourth-order valence-corrected chi connectivity index (χ4v) is 5.95. The second-order valence-electron chi connectivity index (χ2n) is 10.00. The van der Waals surface area contributed by atoms with Crippen LogP contribution >= 0.6 is 15.9 Å². The number of nitrogens with two attached hydrogens (primary N) is 1. The van der Waals surface area contributed by atoms with E-state index >= 15 is 0 Å². The number of halogens is 1. The van der Waals surface area contributed by atoms with Gasteiger partial charge < -0.3 is 25.3 Å². The van der Waals surface area contributed by atoms with E-state index in [9.17, 15) is 14.4 Å². The highest BCUT2D eigenvalue weighted by atomic mass is 79.9. The van der Waals surface area contributed by atoms with Crippen LogP contribution in [0.25, 0.3) is 21.9 Å². The number of hydrogen-bond acceptors (Lipinski definition) is 8. The van der Waals surface area contributed by atoms with Crippen LogP contribution in [0.2, 0.25) is 0 Å². The van der Waals surface area contributed by atoms with Gasteiger partial charge in [0.15, 0.2) is 0 Å². The largest absolute Gasteiger partial charge is 0.465 e. The topological polar surface area (TPSA) is 145 Å². The molecule has 194 valence electrons. The zero-order chi connectivity index (χ0) is 26.8. The Bertz CT molecular complexity index is 1650. The van der Waals surface area contributed by atoms with Gasteiger partial charge in [-0.3, -0.25) is 9.59 Å². The molecule has 6 rings (SSSR count). The Morgan fingerprint density at radius 2 is 2.03 bits per heavy atom. The van der Waals surface area contributed by atoms with Crippen LogP contribution in [0.4, 0.5) is 11.6 Å². The van der Waals surface area contributed by atoms with Gasteiger partial charge >= 0.3 is 5.97 Å². The standard InChI is InChI=1S/C26H24BrN7O4/c1-26-9-16(24(36)32-19-5-3-4-18(27)31-19)34(17(26)10-26)20(35)11-33-15-7-6-13(25(37)38-2)8-14(15)21-22(28)29-12-30-23(21)33/h3-8,12,16-17H,9-11H2,1-2H3,(H2,28,29,30)(H,31,32,36)/t16-,17?,26-/m0/s1. The number of pyridine rings is 1. The first kappa shape index (κ1) is 24.3. The highest BCUT2D eigenvalue weighted by Gasteiger charge is 2.64. The summed E-state index contributed by atoms with van der Waals surface area (Å²) in [5.41, 5.74) is 7.60. The Morgan fingerprint density at radius 3 is 2.79 bits per heavy atom. The summed E-state index contributed by atoms with van der Waals surface area (Å²) >= 11 is 3.32. The number of aromatic nitrogens is 4. The summed E-state index contributed by atoms with van der Waals surface area (Å²) in [4.78, 5) is 53.8. The summed E-state index contributed by atoms with van der Waals surface area (Å²) in [6.07, 6.45) is 2.77. The van der Waals surface area contributed by atoms with Gasteiger partial charge in [-0.25, -0.2) is 19.7 Å². The summed E-state index contributed by atoms with van der Waals surface area (Å²) in [6, 6.07) is 9.66. The first-order valence-electron chi connectivity index (χ1n) is 12.1. The molecule has 4 aromatic rings. The summed E-state index contributed by atoms with van der Waals surface area (Å²) < 4.78 is 7.22. The quantitative estimate of drug-likeness (QED) is 0.272. The van der Waals surface area contributed by atoms with Crippen LogP contribution in [-0.2, 0) is 20.9 Å².